The van der Waals surface area contributed by atoms with Crippen LogP contribution in [0, 0.1) is 5.41 Å². The highest BCUT2D eigenvalue weighted by molar-refractivity contribution is 9.11. The zero-order valence-corrected chi connectivity index (χ0v) is 13.6. The van der Waals surface area contributed by atoms with Gasteiger partial charge in [-0.05, 0) is 56.8 Å². The van der Waals surface area contributed by atoms with Crippen LogP contribution in [0.1, 0.15) is 32.1 Å². The van der Waals surface area contributed by atoms with Gasteiger partial charge < -0.3 is 10.4 Å². The van der Waals surface area contributed by atoms with E-state index in [1.54, 1.807) is 0 Å². The summed E-state index contributed by atoms with van der Waals surface area (Å²) in [4.78, 5) is 0. The number of hydrogen-bond acceptors (Lipinski definition) is 2. The van der Waals surface area contributed by atoms with Gasteiger partial charge in [-0.1, -0.05) is 25.3 Å². The number of aliphatic hydroxyl groups is 1. The van der Waals surface area contributed by atoms with Crippen LogP contribution in [0.4, 0.5) is 5.69 Å². The monoisotopic (exact) mass is 375 g/mol. The van der Waals surface area contributed by atoms with Crippen LogP contribution in [-0.2, 0) is 0 Å². The smallest absolute Gasteiger partial charge is 0.0629 e. The maximum atomic E-state index is 9.69. The Morgan fingerprint density at radius 1 is 1.11 bits per heavy atom. The van der Waals surface area contributed by atoms with Crippen molar-refractivity contribution >= 4 is 37.5 Å². The Bertz CT molecular complexity index is 383. The summed E-state index contributed by atoms with van der Waals surface area (Å²) < 4.78 is 2.11. The first-order valence-corrected chi connectivity index (χ1v) is 8.04. The molecule has 0 bridgehead atoms. The van der Waals surface area contributed by atoms with Crippen LogP contribution in [0.25, 0.3) is 0 Å². The number of rotatable bonds is 4. The van der Waals surface area contributed by atoms with Crippen molar-refractivity contribution in [1.29, 1.82) is 0 Å². The van der Waals surface area contributed by atoms with Crippen LogP contribution >= 0.6 is 31.9 Å². The van der Waals surface area contributed by atoms with Crippen molar-refractivity contribution in [3.63, 3.8) is 0 Å². The molecule has 2 nitrogen and oxygen atoms in total. The summed E-state index contributed by atoms with van der Waals surface area (Å²) in [5, 5.41) is 13.2. The van der Waals surface area contributed by atoms with Crippen molar-refractivity contribution < 1.29 is 5.11 Å². The maximum absolute atomic E-state index is 9.69. The molecule has 1 aromatic rings. The molecule has 1 aliphatic carbocycles. The van der Waals surface area contributed by atoms with E-state index < -0.39 is 0 Å². The molecule has 18 heavy (non-hydrogen) atoms. The third kappa shape index (κ3) is 3.28. The molecular weight excluding hydrogens is 358 g/mol. The molecule has 0 radical (unpaired) electrons. The Morgan fingerprint density at radius 2 is 1.72 bits per heavy atom. The van der Waals surface area contributed by atoms with Crippen molar-refractivity contribution in [2.75, 3.05) is 18.5 Å². The lowest BCUT2D eigenvalue weighted by atomic mass is 9.74. The van der Waals surface area contributed by atoms with Gasteiger partial charge in [0, 0.05) is 20.9 Å². The summed E-state index contributed by atoms with van der Waals surface area (Å²) in [5.41, 5.74) is 1.14. The summed E-state index contributed by atoms with van der Waals surface area (Å²) in [5.74, 6) is 0. The van der Waals surface area contributed by atoms with Crippen LogP contribution in [0.15, 0.2) is 27.1 Å². The van der Waals surface area contributed by atoms with E-state index in [1.165, 1.54) is 19.3 Å². The Kier molecular flexibility index (Phi) is 5.10. The fourth-order valence-corrected chi connectivity index (χ4v) is 3.91. The molecule has 0 atom stereocenters. The molecule has 0 aliphatic heterocycles. The summed E-state index contributed by atoms with van der Waals surface area (Å²) in [6.45, 7) is 1.12. The molecule has 1 saturated carbocycles. The van der Waals surface area contributed by atoms with Gasteiger partial charge >= 0.3 is 0 Å². The van der Waals surface area contributed by atoms with Crippen LogP contribution < -0.4 is 5.32 Å². The fraction of sp³-hybridized carbons (Fsp3) is 0.571. The lowest BCUT2D eigenvalue weighted by Crippen LogP contribution is -2.35. The molecule has 0 amide bonds. The fourth-order valence-electron chi connectivity index (χ4n) is 2.64. The van der Waals surface area contributed by atoms with Crippen molar-refractivity contribution in [3.8, 4) is 0 Å². The number of benzene rings is 1. The van der Waals surface area contributed by atoms with E-state index in [1.807, 2.05) is 18.2 Å². The quantitative estimate of drug-likeness (QED) is 0.806. The third-order valence-corrected chi connectivity index (χ3v) is 5.17. The van der Waals surface area contributed by atoms with Crippen molar-refractivity contribution in [2.45, 2.75) is 32.1 Å². The first kappa shape index (κ1) is 14.4. The zero-order chi connectivity index (χ0) is 13.0. The van der Waals surface area contributed by atoms with E-state index in [9.17, 15) is 5.11 Å². The average molecular weight is 377 g/mol. The van der Waals surface area contributed by atoms with Gasteiger partial charge in [0.1, 0.15) is 0 Å². The molecule has 2 N–H and O–H groups in total. The Morgan fingerprint density at radius 3 is 2.28 bits per heavy atom. The Balaban J connectivity index is 2.05. The molecule has 0 saturated heterocycles. The number of aliphatic hydroxyl groups excluding tert-OH is 1. The standard InChI is InChI=1S/C14H19Br2NO/c15-11-5-4-6-12(16)13(11)17-9-14(10-18)7-2-1-3-8-14/h4-6,17-18H,1-3,7-10H2. The van der Waals surface area contributed by atoms with Crippen LogP contribution in [0.2, 0.25) is 0 Å². The van der Waals surface area contributed by atoms with Gasteiger partial charge in [0.15, 0.2) is 0 Å². The normalized spacial score (nSPS) is 18.6. The van der Waals surface area contributed by atoms with Gasteiger partial charge in [-0.3, -0.25) is 0 Å². The van der Waals surface area contributed by atoms with Crippen LogP contribution in [-0.4, -0.2) is 18.3 Å². The second-order valence-electron chi connectivity index (χ2n) is 5.17. The second-order valence-corrected chi connectivity index (χ2v) is 6.88. The van der Waals surface area contributed by atoms with E-state index in [-0.39, 0.29) is 12.0 Å². The molecule has 1 aliphatic rings. The highest BCUT2D eigenvalue weighted by Crippen LogP contribution is 2.38. The minimum absolute atomic E-state index is 0.0625. The summed E-state index contributed by atoms with van der Waals surface area (Å²) in [6, 6.07) is 6.06. The minimum atomic E-state index is 0.0625. The lowest BCUT2D eigenvalue weighted by Gasteiger charge is -2.36. The highest BCUT2D eigenvalue weighted by atomic mass is 79.9. The molecule has 1 aromatic carbocycles. The van der Waals surface area contributed by atoms with E-state index in [2.05, 4.69) is 37.2 Å². The number of halogens is 2. The molecular formula is C14H19Br2NO. The predicted octanol–water partition coefficient (Wildman–Crippen LogP) is 4.57. The number of nitrogens with one attached hydrogen (secondary N) is 1. The number of hydrogen-bond donors (Lipinski definition) is 2. The SMILES string of the molecule is OCC1(CNc2c(Br)cccc2Br)CCCCC1. The van der Waals surface area contributed by atoms with Crippen molar-refractivity contribution in [3.05, 3.63) is 27.1 Å². The van der Waals surface area contributed by atoms with Gasteiger partial charge in [0.25, 0.3) is 0 Å². The molecule has 100 valence electrons. The highest BCUT2D eigenvalue weighted by Gasteiger charge is 2.31. The van der Waals surface area contributed by atoms with Gasteiger partial charge in [0.05, 0.1) is 12.3 Å². The third-order valence-electron chi connectivity index (χ3n) is 3.85. The van der Waals surface area contributed by atoms with E-state index in [0.717, 1.165) is 34.0 Å². The van der Waals surface area contributed by atoms with Crippen molar-refractivity contribution in [1.82, 2.24) is 0 Å². The number of para-hydroxylation sites is 1. The van der Waals surface area contributed by atoms with E-state index in [4.69, 9.17) is 0 Å². The van der Waals surface area contributed by atoms with Crippen LogP contribution in [0.3, 0.4) is 0 Å². The average Bonchev–Trinajstić information content (AvgIpc) is 2.39. The molecule has 0 spiro atoms. The maximum Gasteiger partial charge on any atom is 0.0629 e. The molecule has 4 heteroatoms. The van der Waals surface area contributed by atoms with Gasteiger partial charge in [-0.15, -0.1) is 0 Å². The van der Waals surface area contributed by atoms with Crippen molar-refractivity contribution in [2.24, 2.45) is 5.41 Å². The molecule has 0 heterocycles. The molecule has 0 unspecified atom stereocenters. The first-order valence-electron chi connectivity index (χ1n) is 6.46. The molecule has 2 rings (SSSR count). The Hall–Kier alpha value is -0.0600. The summed E-state index contributed by atoms with van der Waals surface area (Å²) >= 11 is 7.11. The predicted molar refractivity (Wildman–Crippen MR) is 82.9 cm³/mol. The largest absolute Gasteiger partial charge is 0.396 e. The first-order chi connectivity index (χ1) is 8.67. The van der Waals surface area contributed by atoms with E-state index in [0.29, 0.717) is 0 Å². The van der Waals surface area contributed by atoms with Gasteiger partial charge in [0.2, 0.25) is 0 Å². The zero-order valence-electron chi connectivity index (χ0n) is 10.4. The number of anilines is 1. The van der Waals surface area contributed by atoms with Gasteiger partial charge in [-0.25, -0.2) is 0 Å². The second kappa shape index (κ2) is 6.40. The van der Waals surface area contributed by atoms with Crippen LogP contribution in [0.5, 0.6) is 0 Å². The Labute approximate surface area is 125 Å². The summed E-state index contributed by atoms with van der Waals surface area (Å²) in [7, 11) is 0. The minimum Gasteiger partial charge on any atom is -0.396 e. The molecule has 1 fully saturated rings. The molecule has 0 aromatic heterocycles. The summed E-state index contributed by atoms with van der Waals surface area (Å²) in [6.07, 6.45) is 6.02. The van der Waals surface area contributed by atoms with E-state index >= 15 is 0 Å². The topological polar surface area (TPSA) is 32.3 Å². The van der Waals surface area contributed by atoms with Gasteiger partial charge in [-0.2, -0.15) is 0 Å². The lowest BCUT2D eigenvalue weighted by molar-refractivity contribution is 0.0944.